The van der Waals surface area contributed by atoms with Crippen LogP contribution in [0.1, 0.15) is 12.0 Å². The van der Waals surface area contributed by atoms with Crippen LogP contribution in [0.25, 0.3) is 0 Å². The number of amidine groups is 1. The standard InChI is InChI=1S/C20H19N3O5S/c24-18-12-14(13-23(18)15-6-2-1-3-7-15)20(25)28-11-10-21-19-16-8-4-5-9-17(16)29(26,27)22-19/h1-9,14H,10-13H2,(H,21,22)/t14-/m0/s1. The molecule has 2 aromatic carbocycles. The minimum absolute atomic E-state index is 0.00224. The Morgan fingerprint density at radius 2 is 1.86 bits per heavy atom. The van der Waals surface area contributed by atoms with Crippen molar-refractivity contribution in [3.63, 3.8) is 0 Å². The van der Waals surface area contributed by atoms with E-state index in [-0.39, 0.29) is 42.8 Å². The summed E-state index contributed by atoms with van der Waals surface area (Å²) in [6.07, 6.45) is 0.107. The number of anilines is 1. The van der Waals surface area contributed by atoms with Gasteiger partial charge in [0.2, 0.25) is 5.91 Å². The third kappa shape index (κ3) is 3.86. The quantitative estimate of drug-likeness (QED) is 0.588. The second kappa shape index (κ2) is 7.67. The van der Waals surface area contributed by atoms with Crippen LogP contribution in [-0.4, -0.2) is 45.8 Å². The lowest BCUT2D eigenvalue weighted by Gasteiger charge is -2.16. The van der Waals surface area contributed by atoms with Gasteiger partial charge in [-0.15, -0.1) is 0 Å². The van der Waals surface area contributed by atoms with Gasteiger partial charge in [-0.25, -0.2) is 8.42 Å². The van der Waals surface area contributed by atoms with Crippen LogP contribution in [-0.2, 0) is 24.3 Å². The lowest BCUT2D eigenvalue weighted by atomic mass is 10.1. The largest absolute Gasteiger partial charge is 0.463 e. The second-order valence-electron chi connectivity index (χ2n) is 6.74. The number of hydrogen-bond acceptors (Lipinski definition) is 6. The first-order valence-electron chi connectivity index (χ1n) is 9.14. The highest BCUT2D eigenvalue weighted by Crippen LogP contribution is 2.25. The minimum Gasteiger partial charge on any atom is -0.463 e. The fourth-order valence-corrected chi connectivity index (χ4v) is 4.65. The van der Waals surface area contributed by atoms with E-state index in [1.165, 1.54) is 6.07 Å². The Morgan fingerprint density at radius 3 is 2.66 bits per heavy atom. The number of nitrogens with one attached hydrogen (secondary N) is 1. The van der Waals surface area contributed by atoms with Crippen LogP contribution in [0, 0.1) is 5.92 Å². The summed E-state index contributed by atoms with van der Waals surface area (Å²) in [6.45, 7) is 0.395. The summed E-state index contributed by atoms with van der Waals surface area (Å²) in [6, 6.07) is 15.7. The third-order valence-corrected chi connectivity index (χ3v) is 6.19. The van der Waals surface area contributed by atoms with Gasteiger partial charge in [-0.05, 0) is 24.3 Å². The van der Waals surface area contributed by atoms with E-state index >= 15 is 0 Å². The lowest BCUT2D eigenvalue weighted by molar-refractivity contribution is -0.148. The summed E-state index contributed by atoms with van der Waals surface area (Å²) in [5.74, 6) is -0.858. The van der Waals surface area contributed by atoms with Crippen LogP contribution in [0.3, 0.4) is 0 Å². The molecule has 8 nitrogen and oxygen atoms in total. The number of para-hydroxylation sites is 1. The number of rotatable bonds is 5. The Bertz CT molecular complexity index is 1080. The molecule has 1 amide bonds. The van der Waals surface area contributed by atoms with E-state index in [0.717, 1.165) is 5.69 Å². The average molecular weight is 413 g/mol. The van der Waals surface area contributed by atoms with Gasteiger partial charge < -0.3 is 9.64 Å². The molecule has 0 aromatic heterocycles. The van der Waals surface area contributed by atoms with Crippen LogP contribution in [0.2, 0.25) is 0 Å². The molecule has 0 radical (unpaired) electrons. The number of ether oxygens (including phenoxy) is 1. The highest BCUT2D eigenvalue weighted by molar-refractivity contribution is 7.90. The maximum Gasteiger partial charge on any atom is 0.311 e. The first kappa shape index (κ1) is 19.1. The van der Waals surface area contributed by atoms with E-state index in [4.69, 9.17) is 4.74 Å². The molecular weight excluding hydrogens is 394 g/mol. The topological polar surface area (TPSA) is 105 Å². The van der Waals surface area contributed by atoms with Gasteiger partial charge in [0.05, 0.1) is 17.4 Å². The fourth-order valence-electron chi connectivity index (χ4n) is 3.40. The van der Waals surface area contributed by atoms with Gasteiger partial charge in [0, 0.05) is 24.2 Å². The van der Waals surface area contributed by atoms with Gasteiger partial charge in [-0.1, -0.05) is 30.3 Å². The SMILES string of the molecule is O=C(OCCN=C1NS(=O)(=O)c2ccccc21)[C@H]1CC(=O)N(c2ccccc2)C1. The zero-order valence-electron chi connectivity index (χ0n) is 15.4. The molecule has 0 unspecified atom stereocenters. The van der Waals surface area contributed by atoms with Crippen LogP contribution >= 0.6 is 0 Å². The van der Waals surface area contributed by atoms with Crippen LogP contribution in [0.5, 0.6) is 0 Å². The number of carbonyl (C=O) groups excluding carboxylic acids is 2. The first-order chi connectivity index (χ1) is 14.0. The molecule has 2 aliphatic heterocycles. The number of aliphatic imine (C=N–C) groups is 1. The van der Waals surface area contributed by atoms with Gasteiger partial charge in [-0.2, -0.15) is 0 Å². The van der Waals surface area contributed by atoms with Crippen LogP contribution < -0.4 is 9.62 Å². The second-order valence-corrected chi connectivity index (χ2v) is 8.39. The molecule has 2 aromatic rings. The summed E-state index contributed by atoms with van der Waals surface area (Å²) >= 11 is 0. The summed E-state index contributed by atoms with van der Waals surface area (Å²) < 4.78 is 31.7. The molecule has 29 heavy (non-hydrogen) atoms. The molecule has 0 aliphatic carbocycles. The van der Waals surface area contributed by atoms with E-state index in [1.54, 1.807) is 23.1 Å². The number of carbonyl (C=O) groups is 2. The first-order valence-corrected chi connectivity index (χ1v) is 10.6. The summed E-state index contributed by atoms with van der Waals surface area (Å²) in [5.41, 5.74) is 1.25. The molecule has 1 fully saturated rings. The van der Waals surface area contributed by atoms with Crippen molar-refractivity contribution >= 4 is 33.4 Å². The Hall–Kier alpha value is -3.20. The highest BCUT2D eigenvalue weighted by Gasteiger charge is 2.36. The van der Waals surface area contributed by atoms with Gasteiger partial charge in [0.15, 0.2) is 0 Å². The Labute approximate surface area is 168 Å². The van der Waals surface area contributed by atoms with Gasteiger partial charge in [0.1, 0.15) is 12.4 Å². The van der Waals surface area contributed by atoms with Crippen molar-refractivity contribution in [3.8, 4) is 0 Å². The highest BCUT2D eigenvalue weighted by atomic mass is 32.2. The maximum atomic E-state index is 12.3. The number of nitrogens with zero attached hydrogens (tertiary/aromatic N) is 2. The van der Waals surface area contributed by atoms with E-state index in [0.29, 0.717) is 5.56 Å². The summed E-state index contributed by atoms with van der Waals surface area (Å²) in [4.78, 5) is 30.5. The minimum atomic E-state index is -3.59. The van der Waals surface area contributed by atoms with Crippen molar-refractivity contribution in [1.29, 1.82) is 0 Å². The van der Waals surface area contributed by atoms with Gasteiger partial charge in [-0.3, -0.25) is 19.3 Å². The third-order valence-electron chi connectivity index (χ3n) is 4.79. The molecular formula is C20H19N3O5S. The Morgan fingerprint density at radius 1 is 1.14 bits per heavy atom. The number of sulfonamides is 1. The normalized spacial score (nSPS) is 21.1. The molecule has 4 rings (SSSR count). The van der Waals surface area contributed by atoms with Crippen molar-refractivity contribution < 1.29 is 22.7 Å². The number of fused-ring (bicyclic) bond motifs is 1. The molecule has 1 N–H and O–H groups in total. The molecule has 2 aliphatic rings. The van der Waals surface area contributed by atoms with Gasteiger partial charge >= 0.3 is 5.97 Å². The van der Waals surface area contributed by atoms with Crippen molar-refractivity contribution in [2.75, 3.05) is 24.6 Å². The fraction of sp³-hybridized carbons (Fsp3) is 0.250. The lowest BCUT2D eigenvalue weighted by Crippen LogP contribution is -2.26. The van der Waals surface area contributed by atoms with Crippen LogP contribution in [0.15, 0.2) is 64.5 Å². The molecule has 9 heteroatoms. The summed E-state index contributed by atoms with van der Waals surface area (Å²) in [5, 5.41) is 0. The average Bonchev–Trinajstić information content (AvgIpc) is 3.23. The molecule has 0 spiro atoms. The van der Waals surface area contributed by atoms with E-state index < -0.39 is 21.9 Å². The van der Waals surface area contributed by atoms with Crippen molar-refractivity contribution in [2.24, 2.45) is 10.9 Å². The monoisotopic (exact) mass is 413 g/mol. The molecule has 1 saturated heterocycles. The van der Waals surface area contributed by atoms with E-state index in [2.05, 4.69) is 9.71 Å². The van der Waals surface area contributed by atoms with Crippen molar-refractivity contribution in [1.82, 2.24) is 4.72 Å². The molecule has 1 atom stereocenters. The number of esters is 1. The molecule has 0 bridgehead atoms. The van der Waals surface area contributed by atoms with Crippen molar-refractivity contribution in [2.45, 2.75) is 11.3 Å². The maximum absolute atomic E-state index is 12.3. The Balaban J connectivity index is 1.32. The molecule has 2 heterocycles. The van der Waals surface area contributed by atoms with E-state index in [9.17, 15) is 18.0 Å². The van der Waals surface area contributed by atoms with Gasteiger partial charge in [0.25, 0.3) is 10.0 Å². The Kier molecular flexibility index (Phi) is 5.06. The smallest absolute Gasteiger partial charge is 0.311 e. The van der Waals surface area contributed by atoms with E-state index in [1.807, 2.05) is 30.3 Å². The molecule has 0 saturated carbocycles. The predicted octanol–water partition coefficient (Wildman–Crippen LogP) is 1.32. The number of amides is 1. The summed E-state index contributed by atoms with van der Waals surface area (Å²) in [7, 11) is -3.59. The van der Waals surface area contributed by atoms with Crippen LogP contribution in [0.4, 0.5) is 5.69 Å². The number of hydrogen-bond donors (Lipinski definition) is 1. The zero-order chi connectivity index (χ0) is 20.4. The molecule has 150 valence electrons. The number of benzene rings is 2. The zero-order valence-corrected chi connectivity index (χ0v) is 16.3. The van der Waals surface area contributed by atoms with Crippen molar-refractivity contribution in [3.05, 3.63) is 60.2 Å². The predicted molar refractivity (Wildman–Crippen MR) is 106 cm³/mol.